The Morgan fingerprint density at radius 2 is 2.00 bits per heavy atom. The summed E-state index contributed by atoms with van der Waals surface area (Å²) < 4.78 is 0. The van der Waals surface area contributed by atoms with E-state index < -0.39 is 12.0 Å². The normalized spacial score (nSPS) is 16.9. The maximum Gasteiger partial charge on any atom is 0.326 e. The second-order valence-electron chi connectivity index (χ2n) is 5.15. The van der Waals surface area contributed by atoms with Crippen LogP contribution < -0.4 is 5.73 Å². The van der Waals surface area contributed by atoms with Gasteiger partial charge in [-0.05, 0) is 25.3 Å². The van der Waals surface area contributed by atoms with Crippen molar-refractivity contribution in [2.45, 2.75) is 45.2 Å². The van der Waals surface area contributed by atoms with Crippen molar-refractivity contribution in [1.29, 1.82) is 0 Å². The number of aliphatic carboxylic acids is 1. The summed E-state index contributed by atoms with van der Waals surface area (Å²) in [4.78, 5) is 23.3. The van der Waals surface area contributed by atoms with E-state index in [0.29, 0.717) is 19.4 Å². The standard InChI is InChI=1S/C8H13NO3.C8H11N/c1-2-6(8(11)12)9-5-3-4-7(9)10;1-7(9)8-5-3-2-4-6-8/h6H,2-5H2,1H3,(H,11,12);2-7H,9H2,1H3/t6-;7-/m10/s1. The van der Waals surface area contributed by atoms with Crippen LogP contribution in [-0.4, -0.2) is 34.5 Å². The molecule has 5 heteroatoms. The molecule has 1 heterocycles. The van der Waals surface area contributed by atoms with Crippen molar-refractivity contribution >= 4 is 11.9 Å². The Kier molecular flexibility index (Phi) is 6.88. The van der Waals surface area contributed by atoms with E-state index >= 15 is 0 Å². The molecule has 0 spiro atoms. The molecule has 3 N–H and O–H groups in total. The Balaban J connectivity index is 0.000000219. The third kappa shape index (κ3) is 5.19. The fourth-order valence-electron chi connectivity index (χ4n) is 2.28. The summed E-state index contributed by atoms with van der Waals surface area (Å²) in [6.45, 7) is 4.36. The zero-order chi connectivity index (χ0) is 15.8. The molecule has 1 aromatic rings. The van der Waals surface area contributed by atoms with Crippen LogP contribution in [-0.2, 0) is 9.59 Å². The first-order valence-corrected chi connectivity index (χ1v) is 7.30. The molecule has 0 unspecified atom stereocenters. The number of carbonyl (C=O) groups excluding carboxylic acids is 1. The van der Waals surface area contributed by atoms with E-state index in [0.717, 1.165) is 6.42 Å². The molecule has 1 aliphatic rings. The quantitative estimate of drug-likeness (QED) is 0.891. The van der Waals surface area contributed by atoms with Crippen molar-refractivity contribution in [3.63, 3.8) is 0 Å². The monoisotopic (exact) mass is 292 g/mol. The molecule has 0 radical (unpaired) electrons. The SMILES string of the molecule is CC[C@H](C(=O)O)N1CCCC1=O.C[C@H](N)c1ccccc1. The number of carboxylic acids is 1. The fraction of sp³-hybridized carbons (Fsp3) is 0.500. The van der Waals surface area contributed by atoms with Crippen LogP contribution in [0.4, 0.5) is 0 Å². The molecule has 2 atom stereocenters. The highest BCUT2D eigenvalue weighted by Gasteiger charge is 2.30. The smallest absolute Gasteiger partial charge is 0.326 e. The minimum Gasteiger partial charge on any atom is -0.480 e. The van der Waals surface area contributed by atoms with Crippen LogP contribution in [0.15, 0.2) is 30.3 Å². The summed E-state index contributed by atoms with van der Waals surface area (Å²) in [6, 6.07) is 9.60. The Morgan fingerprint density at radius 1 is 1.38 bits per heavy atom. The van der Waals surface area contributed by atoms with Crippen molar-refractivity contribution < 1.29 is 14.7 Å². The Hall–Kier alpha value is -1.88. The lowest BCUT2D eigenvalue weighted by Gasteiger charge is -2.22. The number of rotatable bonds is 4. The summed E-state index contributed by atoms with van der Waals surface area (Å²) in [6.07, 6.45) is 1.79. The summed E-state index contributed by atoms with van der Waals surface area (Å²) in [7, 11) is 0. The van der Waals surface area contributed by atoms with E-state index in [1.165, 1.54) is 10.5 Å². The van der Waals surface area contributed by atoms with Gasteiger partial charge in [0.25, 0.3) is 0 Å². The number of carbonyl (C=O) groups is 2. The number of benzene rings is 1. The van der Waals surface area contributed by atoms with Gasteiger partial charge in [-0.25, -0.2) is 4.79 Å². The van der Waals surface area contributed by atoms with Crippen LogP contribution in [0, 0.1) is 0 Å². The van der Waals surface area contributed by atoms with Gasteiger partial charge in [-0.15, -0.1) is 0 Å². The third-order valence-corrected chi connectivity index (χ3v) is 3.48. The van der Waals surface area contributed by atoms with Crippen molar-refractivity contribution in [2.24, 2.45) is 5.73 Å². The van der Waals surface area contributed by atoms with Crippen LogP contribution >= 0.6 is 0 Å². The van der Waals surface area contributed by atoms with E-state index in [2.05, 4.69) is 0 Å². The first-order chi connectivity index (χ1) is 9.97. The van der Waals surface area contributed by atoms with Crippen molar-refractivity contribution in [3.05, 3.63) is 35.9 Å². The van der Waals surface area contributed by atoms with Gasteiger partial charge in [0.2, 0.25) is 5.91 Å². The molecule has 0 saturated carbocycles. The van der Waals surface area contributed by atoms with Gasteiger partial charge in [0.05, 0.1) is 0 Å². The highest BCUT2D eigenvalue weighted by atomic mass is 16.4. The van der Waals surface area contributed by atoms with Crippen molar-refractivity contribution in [2.75, 3.05) is 6.54 Å². The third-order valence-electron chi connectivity index (χ3n) is 3.48. The van der Waals surface area contributed by atoms with E-state index in [4.69, 9.17) is 10.8 Å². The number of likely N-dealkylation sites (tertiary alicyclic amines) is 1. The number of nitrogens with two attached hydrogens (primary N) is 1. The van der Waals surface area contributed by atoms with Crippen molar-refractivity contribution in [1.82, 2.24) is 4.90 Å². The van der Waals surface area contributed by atoms with Gasteiger partial charge in [0.1, 0.15) is 6.04 Å². The molecular formula is C16H24N2O3. The highest BCUT2D eigenvalue weighted by molar-refractivity contribution is 5.84. The van der Waals surface area contributed by atoms with Crippen molar-refractivity contribution in [3.8, 4) is 0 Å². The van der Waals surface area contributed by atoms with Gasteiger partial charge in [0, 0.05) is 19.0 Å². The summed E-state index contributed by atoms with van der Waals surface area (Å²) in [5.74, 6) is -0.919. The molecule has 21 heavy (non-hydrogen) atoms. The van der Waals surface area contributed by atoms with Crippen LogP contribution in [0.3, 0.4) is 0 Å². The molecule has 1 saturated heterocycles. The second-order valence-corrected chi connectivity index (χ2v) is 5.15. The van der Waals surface area contributed by atoms with E-state index in [-0.39, 0.29) is 11.9 Å². The molecule has 0 aromatic heterocycles. The summed E-state index contributed by atoms with van der Waals surface area (Å²) >= 11 is 0. The molecule has 0 aliphatic carbocycles. The number of carboxylic acid groups (broad SMARTS) is 1. The molecule has 1 amide bonds. The molecule has 116 valence electrons. The van der Waals surface area contributed by atoms with Gasteiger partial charge in [0.15, 0.2) is 0 Å². The highest BCUT2D eigenvalue weighted by Crippen LogP contribution is 2.15. The topological polar surface area (TPSA) is 83.6 Å². The number of hydrogen-bond donors (Lipinski definition) is 2. The predicted molar refractivity (Wildman–Crippen MR) is 81.7 cm³/mol. The van der Waals surface area contributed by atoms with Gasteiger partial charge in [-0.3, -0.25) is 4.79 Å². The molecule has 2 rings (SSSR count). The van der Waals surface area contributed by atoms with Gasteiger partial charge >= 0.3 is 5.97 Å². The van der Waals surface area contributed by atoms with Crippen LogP contribution in [0.2, 0.25) is 0 Å². The van der Waals surface area contributed by atoms with Gasteiger partial charge in [-0.1, -0.05) is 37.3 Å². The zero-order valence-corrected chi connectivity index (χ0v) is 12.7. The van der Waals surface area contributed by atoms with E-state index in [1.54, 1.807) is 6.92 Å². The number of hydrogen-bond acceptors (Lipinski definition) is 3. The fourth-order valence-corrected chi connectivity index (χ4v) is 2.28. The summed E-state index contributed by atoms with van der Waals surface area (Å²) in [5.41, 5.74) is 6.81. The lowest BCUT2D eigenvalue weighted by atomic mass is 10.1. The maximum absolute atomic E-state index is 11.1. The molecule has 0 bridgehead atoms. The zero-order valence-electron chi connectivity index (χ0n) is 12.7. The van der Waals surface area contributed by atoms with E-state index in [9.17, 15) is 9.59 Å². The average molecular weight is 292 g/mol. The summed E-state index contributed by atoms with van der Waals surface area (Å²) in [5, 5.41) is 8.76. The molecule has 5 nitrogen and oxygen atoms in total. The minimum absolute atomic E-state index is 0.0238. The number of nitrogens with zero attached hydrogens (tertiary/aromatic N) is 1. The molecule has 1 fully saturated rings. The molecule has 1 aliphatic heterocycles. The Labute approximate surface area is 125 Å². The van der Waals surface area contributed by atoms with Gasteiger partial charge < -0.3 is 15.7 Å². The number of amides is 1. The Bertz CT molecular complexity index is 460. The first kappa shape index (κ1) is 17.2. The van der Waals surface area contributed by atoms with Crippen LogP contribution in [0.1, 0.15) is 44.7 Å². The van der Waals surface area contributed by atoms with Crippen LogP contribution in [0.25, 0.3) is 0 Å². The maximum atomic E-state index is 11.1. The predicted octanol–water partition coefficient (Wildman–Crippen LogP) is 2.18. The minimum atomic E-state index is -0.896. The van der Waals surface area contributed by atoms with E-state index in [1.807, 2.05) is 37.3 Å². The van der Waals surface area contributed by atoms with Gasteiger partial charge in [-0.2, -0.15) is 0 Å². The Morgan fingerprint density at radius 3 is 2.33 bits per heavy atom. The molecule has 1 aromatic carbocycles. The molecular weight excluding hydrogens is 268 g/mol. The average Bonchev–Trinajstić information content (AvgIpc) is 2.87. The lowest BCUT2D eigenvalue weighted by molar-refractivity contribution is -0.148. The van der Waals surface area contributed by atoms with Crippen LogP contribution in [0.5, 0.6) is 0 Å². The largest absolute Gasteiger partial charge is 0.480 e. The lowest BCUT2D eigenvalue weighted by Crippen LogP contribution is -2.41. The second kappa shape index (κ2) is 8.42. The first-order valence-electron chi connectivity index (χ1n) is 7.30.